The fourth-order valence-electron chi connectivity index (χ4n) is 0.232. The van der Waals surface area contributed by atoms with Gasteiger partial charge in [-0.15, -0.1) is 0 Å². The Morgan fingerprint density at radius 2 is 2.25 bits per heavy atom. The first-order chi connectivity index (χ1) is 3.70. The van der Waals surface area contributed by atoms with Gasteiger partial charge in [0.15, 0.2) is 0 Å². The molecule has 0 aliphatic carbocycles. The SMILES string of the molecule is NC(=S)n1o[si](=O)o1. The molecule has 2 N–H and O–H groups in total. The average molecular weight is 150 g/mol. The maximum Gasteiger partial charge on any atom is 0.825 e. The quantitative estimate of drug-likeness (QED) is 0.389. The first-order valence-electron chi connectivity index (χ1n) is 1.69. The van der Waals surface area contributed by atoms with Crippen molar-refractivity contribution < 1.29 is 12.9 Å². The van der Waals surface area contributed by atoms with Gasteiger partial charge in [0, 0.05) is 0 Å². The molecule has 0 amide bonds. The van der Waals surface area contributed by atoms with Crippen molar-refractivity contribution in [2.75, 3.05) is 0 Å². The molecule has 0 spiro atoms. The van der Waals surface area contributed by atoms with Gasteiger partial charge in [0.25, 0.3) is 0 Å². The zero-order chi connectivity index (χ0) is 6.15. The second-order valence-electron chi connectivity index (χ2n) is 1.03. The minimum absolute atomic E-state index is 0.0744. The summed E-state index contributed by atoms with van der Waals surface area (Å²) in [5, 5.41) is -0.0744. The Balaban J connectivity index is 2.88. The van der Waals surface area contributed by atoms with Crippen molar-refractivity contribution in [3.8, 4) is 0 Å². The molecule has 0 bridgehead atoms. The second kappa shape index (κ2) is 1.67. The molecular formula is CH2N2O3SSi. The van der Waals surface area contributed by atoms with Crippen LogP contribution in [0.5, 0.6) is 0 Å². The average Bonchev–Trinajstić information content (AvgIpc) is 1.57. The third-order valence-corrected chi connectivity index (χ3v) is 1.27. The van der Waals surface area contributed by atoms with Gasteiger partial charge in [0.1, 0.15) is 0 Å². The monoisotopic (exact) mass is 150 g/mol. The van der Waals surface area contributed by atoms with E-state index in [4.69, 9.17) is 5.73 Å². The number of thiocarbonyl (C=S) groups is 1. The highest BCUT2D eigenvalue weighted by molar-refractivity contribution is 7.80. The van der Waals surface area contributed by atoms with E-state index >= 15 is 0 Å². The van der Waals surface area contributed by atoms with Crippen LogP contribution in [0, 0.1) is 0 Å². The summed E-state index contributed by atoms with van der Waals surface area (Å²) in [5.41, 5.74) is 4.94. The molecule has 0 atom stereocenters. The van der Waals surface area contributed by atoms with Crippen molar-refractivity contribution >= 4 is 26.1 Å². The summed E-state index contributed by atoms with van der Waals surface area (Å²) in [6.07, 6.45) is 0. The van der Waals surface area contributed by atoms with Crippen LogP contribution in [0.25, 0.3) is 0 Å². The van der Waals surface area contributed by atoms with E-state index in [1.807, 2.05) is 0 Å². The molecule has 7 heteroatoms. The molecule has 44 valence electrons. The van der Waals surface area contributed by atoms with Gasteiger partial charge in [-0.25, -0.2) is 0 Å². The topological polar surface area (TPSA) is 74.3 Å². The highest BCUT2D eigenvalue weighted by Crippen LogP contribution is 1.82. The highest BCUT2D eigenvalue weighted by Gasteiger charge is 2.06. The van der Waals surface area contributed by atoms with Crippen LogP contribution < -0.4 is 5.73 Å². The number of hydrogen-bond donors (Lipinski definition) is 1. The third-order valence-electron chi connectivity index (χ3n) is 0.495. The maximum atomic E-state index is 10.00. The van der Waals surface area contributed by atoms with Gasteiger partial charge >= 0.3 is 8.80 Å². The van der Waals surface area contributed by atoms with Crippen LogP contribution in [0.3, 0.4) is 0 Å². The number of nitrogens with zero attached hydrogens (tertiary/aromatic N) is 1. The van der Waals surface area contributed by atoms with Crippen molar-refractivity contribution in [2.24, 2.45) is 5.73 Å². The Kier molecular flexibility index (Phi) is 1.14. The minimum Gasteiger partial charge on any atom is -0.371 e. The van der Waals surface area contributed by atoms with Gasteiger partial charge < -0.3 is 14.1 Å². The van der Waals surface area contributed by atoms with Gasteiger partial charge in [0.2, 0.25) is 5.11 Å². The van der Waals surface area contributed by atoms with Gasteiger partial charge in [-0.1, -0.05) is 0 Å². The van der Waals surface area contributed by atoms with E-state index in [-0.39, 0.29) is 5.11 Å². The summed E-state index contributed by atoms with van der Waals surface area (Å²) in [6.45, 7) is 0. The van der Waals surface area contributed by atoms with E-state index in [2.05, 4.69) is 20.6 Å². The zero-order valence-corrected chi connectivity index (χ0v) is 5.47. The molecule has 1 rings (SSSR count). The summed E-state index contributed by atoms with van der Waals surface area (Å²) in [6, 6.07) is 0. The minimum atomic E-state index is -2.28. The van der Waals surface area contributed by atoms with Gasteiger partial charge in [-0.2, -0.15) is 0 Å². The van der Waals surface area contributed by atoms with E-state index in [1.165, 1.54) is 0 Å². The molecule has 0 radical (unpaired) electrons. The third kappa shape index (κ3) is 0.770. The van der Waals surface area contributed by atoms with Crippen LogP contribution in [-0.2, 0) is 4.46 Å². The molecule has 0 aliphatic heterocycles. The van der Waals surface area contributed by atoms with Gasteiger partial charge in [-0.3, -0.25) is 4.46 Å². The van der Waals surface area contributed by atoms with Crippen LogP contribution >= 0.6 is 12.2 Å². The zero-order valence-electron chi connectivity index (χ0n) is 3.66. The molecule has 1 aromatic heterocycles. The highest BCUT2D eigenvalue weighted by atomic mass is 32.1. The van der Waals surface area contributed by atoms with Crippen LogP contribution in [0.15, 0.2) is 8.41 Å². The first-order valence-corrected chi connectivity index (χ1v) is 3.33. The Morgan fingerprint density at radius 3 is 2.38 bits per heavy atom. The number of aromatic nitrogens is 1. The predicted molar refractivity (Wildman–Crippen MR) is 27.6 cm³/mol. The summed E-state index contributed by atoms with van der Waals surface area (Å²) in [4.78, 5) is 0.733. The number of nitrogens with two attached hydrogens (primary N) is 1. The van der Waals surface area contributed by atoms with Gasteiger partial charge in [0.05, 0.1) is 0 Å². The number of hydrogen-bond acceptors (Lipinski definition) is 4. The standard InChI is InChI=1S/CH2N2O3SSi/c2-1(7)3-5-8(4)6-3/h(H2,2,7). The fraction of sp³-hybridized carbons (Fsp3) is 0. The van der Waals surface area contributed by atoms with Crippen molar-refractivity contribution in [1.82, 2.24) is 4.91 Å². The molecule has 8 heavy (non-hydrogen) atoms. The van der Waals surface area contributed by atoms with Crippen LogP contribution in [-0.4, -0.2) is 18.8 Å². The fourth-order valence-corrected chi connectivity index (χ4v) is 0.920. The lowest BCUT2D eigenvalue weighted by Gasteiger charge is -1.97. The Morgan fingerprint density at radius 1 is 1.75 bits per heavy atom. The largest absolute Gasteiger partial charge is 0.825 e. The van der Waals surface area contributed by atoms with Crippen LogP contribution in [0.1, 0.15) is 0 Å². The van der Waals surface area contributed by atoms with E-state index in [9.17, 15) is 4.46 Å². The van der Waals surface area contributed by atoms with Crippen LogP contribution in [0.2, 0.25) is 0 Å². The van der Waals surface area contributed by atoms with E-state index < -0.39 is 8.80 Å². The lowest BCUT2D eigenvalue weighted by molar-refractivity contribution is 0.0953. The van der Waals surface area contributed by atoms with Crippen molar-refractivity contribution in [1.29, 1.82) is 0 Å². The lowest BCUT2D eigenvalue weighted by atomic mass is 11.2. The second-order valence-corrected chi connectivity index (χ2v) is 2.31. The molecule has 0 saturated heterocycles. The molecule has 0 saturated carbocycles. The Hall–Kier alpha value is -0.693. The van der Waals surface area contributed by atoms with Crippen molar-refractivity contribution in [2.45, 2.75) is 0 Å². The Labute approximate surface area is 50.4 Å². The molecule has 0 aromatic carbocycles. The number of rotatable bonds is 0. The molecule has 0 aliphatic rings. The van der Waals surface area contributed by atoms with Gasteiger partial charge in [-0.05, 0) is 17.1 Å². The molecule has 0 unspecified atom stereocenters. The first kappa shape index (κ1) is 5.44. The normalized spacial score (nSPS) is 9.50. The molecule has 1 heterocycles. The summed E-state index contributed by atoms with van der Waals surface area (Å²) < 4.78 is 18.6. The molecule has 0 fully saturated rings. The lowest BCUT2D eigenvalue weighted by Crippen LogP contribution is -2.23. The van der Waals surface area contributed by atoms with Crippen LogP contribution in [0.4, 0.5) is 0 Å². The Bertz CT molecular complexity index is 229. The predicted octanol–water partition coefficient (Wildman–Crippen LogP) is -0.734. The summed E-state index contributed by atoms with van der Waals surface area (Å²) in [7, 11) is -2.28. The molecular weight excluding hydrogens is 148 g/mol. The summed E-state index contributed by atoms with van der Waals surface area (Å²) >= 11 is 4.35. The molecule has 5 nitrogen and oxygen atoms in total. The molecule has 1 aromatic rings. The van der Waals surface area contributed by atoms with E-state index in [0.29, 0.717) is 0 Å². The smallest absolute Gasteiger partial charge is 0.371 e. The van der Waals surface area contributed by atoms with Crippen molar-refractivity contribution in [3.63, 3.8) is 0 Å². The maximum absolute atomic E-state index is 10.00. The van der Waals surface area contributed by atoms with Crippen molar-refractivity contribution in [3.05, 3.63) is 0 Å². The van der Waals surface area contributed by atoms with E-state index in [0.717, 1.165) is 4.91 Å². The van der Waals surface area contributed by atoms with E-state index in [1.54, 1.807) is 0 Å². The summed E-state index contributed by atoms with van der Waals surface area (Å²) in [5.74, 6) is 0.